The summed E-state index contributed by atoms with van der Waals surface area (Å²) in [5.41, 5.74) is 6.07. The molecule has 0 aliphatic carbocycles. The molecule has 0 saturated carbocycles. The van der Waals surface area contributed by atoms with Crippen molar-refractivity contribution < 1.29 is 0 Å². The highest BCUT2D eigenvalue weighted by Gasteiger charge is 2.24. The Balaban J connectivity index is 0.960. The number of fused-ring (bicyclic) bond motifs is 5. The maximum absolute atomic E-state index is 14.0. The van der Waals surface area contributed by atoms with Crippen LogP contribution in [0, 0.1) is 25.7 Å². The van der Waals surface area contributed by atoms with Crippen molar-refractivity contribution in [3.8, 4) is 40.4 Å². The molecule has 6 aromatic heterocycles. The smallest absolute Gasteiger partial charge is 0.206 e. The van der Waals surface area contributed by atoms with Crippen LogP contribution in [-0.4, -0.2) is 9.97 Å². The summed E-state index contributed by atoms with van der Waals surface area (Å²) < 4.78 is 0. The van der Waals surface area contributed by atoms with Gasteiger partial charge in [0.25, 0.3) is 0 Å². The fraction of sp³-hybridized carbons (Fsp3) is 0.625. The maximum Gasteiger partial charge on any atom is 0.206 e. The molecule has 2 atom stereocenters. The Hall–Kier alpha value is -3.82. The molecular formula is C80H114N2O2S4. The summed E-state index contributed by atoms with van der Waals surface area (Å²) in [6.07, 6.45) is 60.5. The summed E-state index contributed by atoms with van der Waals surface area (Å²) in [6, 6.07) is 18.2. The van der Waals surface area contributed by atoms with Gasteiger partial charge in [-0.25, -0.2) is 0 Å². The molecule has 0 amide bonds. The molecule has 4 nitrogen and oxygen atoms in total. The molecule has 2 aromatic carbocycles. The molecule has 8 rings (SSSR count). The third kappa shape index (κ3) is 21.1. The quantitative estimate of drug-likeness (QED) is 0.0357. The molecule has 8 aromatic rings. The zero-order valence-electron chi connectivity index (χ0n) is 56.0. The minimum absolute atomic E-state index is 0.0616. The fourth-order valence-corrected chi connectivity index (χ4v) is 18.6. The van der Waals surface area contributed by atoms with Gasteiger partial charge < -0.3 is 0 Å². The standard InChI is InChI=1S/C80H114N2O2S4/c1-7-11-15-19-23-27-29-33-37-41-45-61(43-39-35-31-25-21-17-13-9-3)51-63-53-75(85-59(63)5)73-49-47-71(87-73)67-55-65-66(79-77(67)69(83)57-81-79)56-68(78-70(84)58-82-80(65)78)72-48-50-74(88-72)76-54-64(60(6)86-76)52-62(44-40-36-32-26-22-18-14-10-4)46-42-38-34-30-28-24-20-16-12-8-2/h47-50,53-58,61-62H,7-46,51-52H2,1-6H3. The van der Waals surface area contributed by atoms with E-state index in [1.165, 1.54) is 322 Å². The molecular weight excluding hydrogens is 1150 g/mol. The van der Waals surface area contributed by atoms with Crippen molar-refractivity contribution in [2.75, 3.05) is 0 Å². The van der Waals surface area contributed by atoms with Gasteiger partial charge in [-0.1, -0.05) is 285 Å². The normalized spacial score (nSPS) is 12.8. The molecule has 0 radical (unpaired) electrons. The fourth-order valence-electron chi connectivity index (χ4n) is 14.2. The molecule has 0 N–H and O–H groups in total. The van der Waals surface area contributed by atoms with E-state index in [2.05, 4.69) is 90.1 Å². The van der Waals surface area contributed by atoms with Crippen LogP contribution < -0.4 is 10.9 Å². The second kappa shape index (κ2) is 38.9. The number of thiophene rings is 4. The van der Waals surface area contributed by atoms with Gasteiger partial charge in [-0.15, -0.1) is 45.3 Å². The number of hydrogen-bond donors (Lipinski definition) is 0. The van der Waals surface area contributed by atoms with E-state index in [4.69, 9.17) is 9.97 Å². The number of aromatic nitrogens is 2. The van der Waals surface area contributed by atoms with Crippen molar-refractivity contribution in [3.63, 3.8) is 0 Å². The van der Waals surface area contributed by atoms with E-state index in [1.54, 1.807) is 22.7 Å². The van der Waals surface area contributed by atoms with E-state index in [0.717, 1.165) is 43.5 Å². The molecule has 0 aliphatic rings. The lowest BCUT2D eigenvalue weighted by Crippen LogP contribution is -2.05. The summed E-state index contributed by atoms with van der Waals surface area (Å²) in [5.74, 6) is 1.47. The Morgan fingerprint density at radius 1 is 0.330 bits per heavy atom. The van der Waals surface area contributed by atoms with Crippen LogP contribution in [0.25, 0.3) is 73.0 Å². The number of aryl methyl sites for hydroxylation is 2. The van der Waals surface area contributed by atoms with Crippen molar-refractivity contribution in [2.24, 2.45) is 11.8 Å². The van der Waals surface area contributed by atoms with E-state index >= 15 is 0 Å². The summed E-state index contributed by atoms with van der Waals surface area (Å²) >= 11 is 7.39. The lowest BCUT2D eigenvalue weighted by molar-refractivity contribution is 0.399. The zero-order chi connectivity index (χ0) is 61.7. The van der Waals surface area contributed by atoms with Crippen LogP contribution in [0.2, 0.25) is 0 Å². The summed E-state index contributed by atoms with van der Waals surface area (Å²) in [7, 11) is 0. The predicted octanol–water partition coefficient (Wildman–Crippen LogP) is 27.1. The van der Waals surface area contributed by atoms with Gasteiger partial charge in [-0.05, 0) is 98.2 Å². The van der Waals surface area contributed by atoms with Gasteiger partial charge in [0.2, 0.25) is 10.9 Å². The summed E-state index contributed by atoms with van der Waals surface area (Å²) in [5, 5.41) is 3.07. The van der Waals surface area contributed by atoms with E-state index in [-0.39, 0.29) is 10.9 Å². The average molecular weight is 1260 g/mol. The molecule has 0 saturated heterocycles. The molecule has 0 spiro atoms. The van der Waals surface area contributed by atoms with Gasteiger partial charge in [-0.3, -0.25) is 19.6 Å². The number of benzene rings is 2. The minimum atomic E-state index is -0.0616. The van der Waals surface area contributed by atoms with E-state index in [9.17, 15) is 9.59 Å². The summed E-state index contributed by atoms with van der Waals surface area (Å²) in [6.45, 7) is 13.9. The van der Waals surface area contributed by atoms with Crippen LogP contribution in [0.15, 0.2) is 70.5 Å². The van der Waals surface area contributed by atoms with Crippen molar-refractivity contribution >= 4 is 77.9 Å². The highest BCUT2D eigenvalue weighted by atomic mass is 32.1. The van der Waals surface area contributed by atoms with Crippen molar-refractivity contribution in [2.45, 2.75) is 311 Å². The molecule has 480 valence electrons. The van der Waals surface area contributed by atoms with Crippen LogP contribution in [0.4, 0.5) is 0 Å². The molecule has 6 heterocycles. The minimum Gasteiger partial charge on any atom is -0.287 e. The Labute approximate surface area is 549 Å². The van der Waals surface area contributed by atoms with Crippen molar-refractivity contribution in [1.29, 1.82) is 0 Å². The highest BCUT2D eigenvalue weighted by molar-refractivity contribution is 7.24. The second-order valence-corrected chi connectivity index (χ2v) is 31.6. The Morgan fingerprint density at radius 2 is 0.602 bits per heavy atom. The molecule has 0 bridgehead atoms. The molecule has 0 aliphatic heterocycles. The van der Waals surface area contributed by atoms with Gasteiger partial charge in [0, 0.05) is 60.9 Å². The predicted molar refractivity (Wildman–Crippen MR) is 394 cm³/mol. The van der Waals surface area contributed by atoms with Gasteiger partial charge in [0.1, 0.15) is 0 Å². The SMILES string of the molecule is CCCCCCCCCCCCC(CCCCCCCCCC)Cc1cc(-c2ccc(-c3cc4c(cc(-c5ccc(-c6cc(CC(CCCCCCCCCC)CCCCCCCCCCCC)c(C)s6)s5)c5c(=O)cnc54)c4ncc(=O)c34)s2)sc1C. The molecule has 0 fully saturated rings. The number of rotatable bonds is 48. The van der Waals surface area contributed by atoms with Crippen molar-refractivity contribution in [1.82, 2.24) is 9.97 Å². The van der Waals surface area contributed by atoms with Crippen LogP contribution in [0.5, 0.6) is 0 Å². The monoisotopic (exact) mass is 1260 g/mol. The first-order valence-corrected chi connectivity index (χ1v) is 39.7. The van der Waals surface area contributed by atoms with Gasteiger partial charge in [0.15, 0.2) is 0 Å². The topological polar surface area (TPSA) is 59.9 Å². The lowest BCUT2D eigenvalue weighted by Gasteiger charge is -2.17. The largest absolute Gasteiger partial charge is 0.287 e. The second-order valence-electron chi connectivity index (χ2n) is 27.0. The Bertz CT molecular complexity index is 3120. The molecule has 88 heavy (non-hydrogen) atoms. The first-order chi connectivity index (χ1) is 43.2. The summed E-state index contributed by atoms with van der Waals surface area (Å²) in [4.78, 5) is 47.8. The number of unbranched alkanes of at least 4 members (excludes halogenated alkanes) is 32. The third-order valence-corrected chi connectivity index (χ3v) is 24.5. The van der Waals surface area contributed by atoms with E-state index < -0.39 is 0 Å². The Morgan fingerprint density at radius 3 is 0.898 bits per heavy atom. The number of hydrogen-bond acceptors (Lipinski definition) is 8. The average Bonchev–Trinajstić information content (AvgIpc) is 1.53. The van der Waals surface area contributed by atoms with Gasteiger partial charge >= 0.3 is 0 Å². The zero-order valence-corrected chi connectivity index (χ0v) is 59.2. The van der Waals surface area contributed by atoms with Gasteiger partial charge in [-0.2, -0.15) is 0 Å². The van der Waals surface area contributed by atoms with Crippen LogP contribution in [0.3, 0.4) is 0 Å². The van der Waals surface area contributed by atoms with Gasteiger partial charge in [0.05, 0.1) is 34.2 Å². The number of nitrogens with zero attached hydrogens (tertiary/aromatic N) is 2. The van der Waals surface area contributed by atoms with Crippen LogP contribution >= 0.6 is 45.3 Å². The lowest BCUT2D eigenvalue weighted by atomic mass is 9.88. The molecule has 2 unspecified atom stereocenters. The Kier molecular flexibility index (Phi) is 31.0. The first-order valence-electron chi connectivity index (χ1n) is 36.4. The van der Waals surface area contributed by atoms with E-state index in [1.807, 2.05) is 22.7 Å². The van der Waals surface area contributed by atoms with Crippen molar-refractivity contribution in [3.05, 3.63) is 102 Å². The maximum atomic E-state index is 14.0. The molecule has 8 heteroatoms. The van der Waals surface area contributed by atoms with Crippen LogP contribution in [-0.2, 0) is 12.8 Å². The third-order valence-electron chi connectivity index (χ3n) is 19.7. The highest BCUT2D eigenvalue weighted by Crippen LogP contribution is 2.47. The van der Waals surface area contributed by atoms with E-state index in [0.29, 0.717) is 21.8 Å². The first kappa shape index (κ1) is 70.1. The van der Waals surface area contributed by atoms with Crippen LogP contribution in [0.1, 0.15) is 305 Å².